The smallest absolute Gasteiger partial charge is 0.128 e. The molecular weight excluding hydrogens is 703 g/mol. The molecule has 0 radical (unpaired) electrons. The van der Waals surface area contributed by atoms with E-state index in [1.165, 1.54) is 71.6 Å². The fourth-order valence-electron chi connectivity index (χ4n) is 8.97. The highest BCUT2D eigenvalue weighted by molar-refractivity contribution is 6.13. The van der Waals surface area contributed by atoms with E-state index in [2.05, 4.69) is 229 Å². The zero-order valence-corrected chi connectivity index (χ0v) is 31.9. The highest BCUT2D eigenvalue weighted by atomic mass is 16.5. The number of fused-ring (bicyclic) bond motifs is 6. The molecule has 1 aliphatic heterocycles. The highest BCUT2D eigenvalue weighted by Crippen LogP contribution is 2.50. The summed E-state index contributed by atoms with van der Waals surface area (Å²) >= 11 is 0. The lowest BCUT2D eigenvalue weighted by Crippen LogP contribution is -2.17. The summed E-state index contributed by atoms with van der Waals surface area (Å²) < 4.78 is 6.52. The third-order valence-corrected chi connectivity index (χ3v) is 11.8. The molecule has 0 aromatic heterocycles. The van der Waals surface area contributed by atoms with E-state index in [1.54, 1.807) is 0 Å². The standard InChI is InChI=1S/C56H39NO/c1-2-13-38(14-3-1)39-27-29-40(30-28-39)43-17-11-19-47(36-43)57(53-24-12-26-55-56(53)51-23-8-9-25-54(51)58-55)46-33-31-41(32-34-46)42-16-10-18-44(35-42)52-37-45-15-4-5-20-48(45)49-21-6-7-22-50(49)52/h1-37,51,54H. The minimum absolute atomic E-state index is 0.00756. The van der Waals surface area contributed by atoms with Crippen LogP contribution in [0.1, 0.15) is 11.5 Å². The second kappa shape index (κ2) is 14.3. The van der Waals surface area contributed by atoms with Gasteiger partial charge >= 0.3 is 0 Å². The molecule has 274 valence electrons. The van der Waals surface area contributed by atoms with Gasteiger partial charge in [-0.25, -0.2) is 0 Å². The third-order valence-electron chi connectivity index (χ3n) is 11.8. The van der Waals surface area contributed by atoms with Gasteiger partial charge in [0.2, 0.25) is 0 Å². The van der Waals surface area contributed by atoms with Crippen molar-refractivity contribution in [2.45, 2.75) is 12.0 Å². The van der Waals surface area contributed by atoms with Crippen LogP contribution in [-0.2, 0) is 0 Å². The Balaban J connectivity index is 0.994. The second-order valence-electron chi connectivity index (χ2n) is 15.2. The molecule has 1 heterocycles. The molecule has 58 heavy (non-hydrogen) atoms. The molecule has 2 nitrogen and oxygen atoms in total. The monoisotopic (exact) mass is 741 g/mol. The molecule has 2 atom stereocenters. The first-order valence-electron chi connectivity index (χ1n) is 20.1. The van der Waals surface area contributed by atoms with E-state index in [0.29, 0.717) is 0 Å². The maximum absolute atomic E-state index is 6.52. The minimum Gasteiger partial charge on any atom is -0.485 e. The molecule has 2 aliphatic rings. The Morgan fingerprint density at radius 2 is 0.966 bits per heavy atom. The van der Waals surface area contributed by atoms with Gasteiger partial charge < -0.3 is 9.64 Å². The van der Waals surface area contributed by atoms with Gasteiger partial charge in [0, 0.05) is 22.9 Å². The van der Waals surface area contributed by atoms with Crippen LogP contribution in [-0.4, -0.2) is 6.10 Å². The summed E-state index contributed by atoms with van der Waals surface area (Å²) in [7, 11) is 0. The van der Waals surface area contributed by atoms with E-state index in [1.807, 2.05) is 0 Å². The summed E-state index contributed by atoms with van der Waals surface area (Å²) in [4.78, 5) is 2.40. The van der Waals surface area contributed by atoms with Crippen LogP contribution in [0.2, 0.25) is 0 Å². The molecule has 0 saturated carbocycles. The average molecular weight is 742 g/mol. The van der Waals surface area contributed by atoms with E-state index in [0.717, 1.165) is 22.8 Å². The van der Waals surface area contributed by atoms with E-state index in [-0.39, 0.29) is 12.0 Å². The molecule has 0 amide bonds. The van der Waals surface area contributed by atoms with Crippen LogP contribution in [0, 0.1) is 0 Å². The Morgan fingerprint density at radius 3 is 1.78 bits per heavy atom. The summed E-state index contributed by atoms with van der Waals surface area (Å²) in [6, 6.07) is 72.6. The number of rotatable bonds is 7. The quantitative estimate of drug-likeness (QED) is 0.151. The fourth-order valence-corrected chi connectivity index (χ4v) is 8.97. The molecule has 2 unspecified atom stereocenters. The maximum Gasteiger partial charge on any atom is 0.128 e. The van der Waals surface area contributed by atoms with Crippen molar-refractivity contribution < 1.29 is 4.74 Å². The van der Waals surface area contributed by atoms with E-state index >= 15 is 0 Å². The molecule has 9 aromatic rings. The summed E-state index contributed by atoms with van der Waals surface area (Å²) in [6.45, 7) is 0. The lowest BCUT2D eigenvalue weighted by molar-refractivity contribution is 0.269. The number of allylic oxidation sites excluding steroid dienone is 2. The lowest BCUT2D eigenvalue weighted by atomic mass is 9.90. The van der Waals surface area contributed by atoms with Crippen LogP contribution in [0.4, 0.5) is 17.1 Å². The molecule has 0 bridgehead atoms. The Bertz CT molecular complexity index is 3030. The fraction of sp³-hybridized carbons (Fsp3) is 0.0357. The van der Waals surface area contributed by atoms with Crippen molar-refractivity contribution in [1.82, 2.24) is 0 Å². The SMILES string of the molecule is C1=CC2Oc3cccc(N(c4ccc(-c5cccc(-c6cc7ccccc7c7ccccc67)c5)cc4)c4cccc(-c5ccc(-c6ccccc6)cc5)c4)c3C2C=C1. The Kier molecular flexibility index (Phi) is 8.33. The van der Waals surface area contributed by atoms with E-state index in [9.17, 15) is 0 Å². The topological polar surface area (TPSA) is 12.5 Å². The minimum atomic E-state index is -0.00756. The number of ether oxygens (including phenoxy) is 1. The van der Waals surface area contributed by atoms with Gasteiger partial charge in [-0.15, -0.1) is 0 Å². The molecule has 2 heteroatoms. The van der Waals surface area contributed by atoms with Crippen molar-refractivity contribution in [3.05, 3.63) is 230 Å². The van der Waals surface area contributed by atoms with Crippen LogP contribution < -0.4 is 9.64 Å². The average Bonchev–Trinajstić information content (AvgIpc) is 3.69. The van der Waals surface area contributed by atoms with Gasteiger partial charge in [0.05, 0.1) is 5.69 Å². The molecular formula is C56H39NO. The first kappa shape index (κ1) is 33.9. The zero-order valence-electron chi connectivity index (χ0n) is 31.9. The molecule has 1 aliphatic carbocycles. The molecule has 11 rings (SSSR count). The lowest BCUT2D eigenvalue weighted by Gasteiger charge is -2.29. The summed E-state index contributed by atoms with van der Waals surface area (Å²) in [5, 5.41) is 5.08. The van der Waals surface area contributed by atoms with Crippen molar-refractivity contribution in [3.8, 4) is 50.3 Å². The molecule has 0 N–H and O–H groups in total. The number of hydrogen-bond donors (Lipinski definition) is 0. The van der Waals surface area contributed by atoms with Gasteiger partial charge in [-0.3, -0.25) is 0 Å². The van der Waals surface area contributed by atoms with Gasteiger partial charge in [0.25, 0.3) is 0 Å². The zero-order chi connectivity index (χ0) is 38.4. The summed E-state index contributed by atoms with van der Waals surface area (Å²) in [5.41, 5.74) is 14.1. The molecule has 0 saturated heterocycles. The Hall–Kier alpha value is -7.42. The molecule has 9 aromatic carbocycles. The Morgan fingerprint density at radius 1 is 0.379 bits per heavy atom. The van der Waals surface area contributed by atoms with Crippen LogP contribution in [0.15, 0.2) is 224 Å². The first-order valence-corrected chi connectivity index (χ1v) is 20.1. The van der Waals surface area contributed by atoms with E-state index in [4.69, 9.17) is 4.74 Å². The highest BCUT2D eigenvalue weighted by Gasteiger charge is 2.36. The van der Waals surface area contributed by atoms with Gasteiger partial charge in [0.1, 0.15) is 11.9 Å². The van der Waals surface area contributed by atoms with Crippen molar-refractivity contribution in [3.63, 3.8) is 0 Å². The third kappa shape index (κ3) is 5.98. The summed E-state index contributed by atoms with van der Waals surface area (Å²) in [6.07, 6.45) is 8.67. The van der Waals surface area contributed by atoms with Gasteiger partial charge in [0.15, 0.2) is 0 Å². The first-order chi connectivity index (χ1) is 28.7. The van der Waals surface area contributed by atoms with Gasteiger partial charge in [-0.1, -0.05) is 170 Å². The van der Waals surface area contributed by atoms with Gasteiger partial charge in [-0.2, -0.15) is 0 Å². The van der Waals surface area contributed by atoms with Crippen LogP contribution >= 0.6 is 0 Å². The van der Waals surface area contributed by atoms with Crippen LogP contribution in [0.5, 0.6) is 5.75 Å². The maximum atomic E-state index is 6.52. The molecule has 0 fully saturated rings. The Labute approximate surface area is 339 Å². The van der Waals surface area contributed by atoms with Gasteiger partial charge in [-0.05, 0) is 121 Å². The number of anilines is 3. The molecule has 0 spiro atoms. The van der Waals surface area contributed by atoms with Crippen molar-refractivity contribution in [2.75, 3.05) is 4.90 Å². The largest absolute Gasteiger partial charge is 0.485 e. The van der Waals surface area contributed by atoms with Crippen LogP contribution in [0.25, 0.3) is 66.1 Å². The van der Waals surface area contributed by atoms with Crippen molar-refractivity contribution >= 4 is 38.6 Å². The number of benzene rings is 9. The van der Waals surface area contributed by atoms with E-state index < -0.39 is 0 Å². The number of nitrogens with zero attached hydrogens (tertiary/aromatic N) is 1. The normalized spacial score (nSPS) is 15.2. The predicted molar refractivity (Wildman–Crippen MR) is 243 cm³/mol. The second-order valence-corrected chi connectivity index (χ2v) is 15.2. The summed E-state index contributed by atoms with van der Waals surface area (Å²) in [5.74, 6) is 1.08. The predicted octanol–water partition coefficient (Wildman–Crippen LogP) is 15.1. The van der Waals surface area contributed by atoms with Crippen LogP contribution in [0.3, 0.4) is 0 Å². The van der Waals surface area contributed by atoms with Crippen molar-refractivity contribution in [2.24, 2.45) is 0 Å². The number of hydrogen-bond acceptors (Lipinski definition) is 2. The van der Waals surface area contributed by atoms with Crippen molar-refractivity contribution in [1.29, 1.82) is 0 Å².